The van der Waals surface area contributed by atoms with Crippen molar-refractivity contribution < 1.29 is 19.1 Å². The second-order valence-corrected chi connectivity index (χ2v) is 3.36. The molecular formula is C14H14O4. The van der Waals surface area contributed by atoms with E-state index in [1.54, 1.807) is 18.2 Å². The first kappa shape index (κ1) is 13.7. The van der Waals surface area contributed by atoms with Crippen LogP contribution in [-0.2, 0) is 9.47 Å². The molecule has 94 valence electrons. The Morgan fingerprint density at radius 3 is 1.83 bits per heavy atom. The highest BCUT2D eigenvalue weighted by atomic mass is 16.5. The quantitative estimate of drug-likeness (QED) is 0.571. The van der Waals surface area contributed by atoms with Crippen LogP contribution in [0.4, 0.5) is 0 Å². The maximum atomic E-state index is 11.6. The molecule has 0 amide bonds. The molecule has 0 aliphatic heterocycles. The number of carbonyl (C=O) groups is 2. The van der Waals surface area contributed by atoms with E-state index >= 15 is 0 Å². The Bertz CT molecular complexity index is 423. The second kappa shape index (κ2) is 7.06. The molecule has 0 aliphatic rings. The monoisotopic (exact) mass is 246 g/mol. The van der Waals surface area contributed by atoms with Crippen LogP contribution < -0.4 is 0 Å². The molecule has 0 saturated heterocycles. The third kappa shape index (κ3) is 3.90. The largest absolute Gasteiger partial charge is 0.458 e. The standard InChI is InChI=1S/C14H14O4/c1-3-8-17-13(15)11-6-5-7-12(10-11)14(16)18-9-4-2/h3-7,10H,1-2,8-9H2. The minimum Gasteiger partial charge on any atom is -0.458 e. The van der Waals surface area contributed by atoms with Crippen molar-refractivity contribution in [3.63, 3.8) is 0 Å². The molecule has 0 aliphatic carbocycles. The summed E-state index contributed by atoms with van der Waals surface area (Å²) in [6, 6.07) is 6.15. The Hall–Kier alpha value is -2.36. The highest BCUT2D eigenvalue weighted by molar-refractivity contribution is 5.95. The zero-order chi connectivity index (χ0) is 13.4. The van der Waals surface area contributed by atoms with Gasteiger partial charge in [-0.25, -0.2) is 9.59 Å². The van der Waals surface area contributed by atoms with Crippen molar-refractivity contribution in [1.82, 2.24) is 0 Å². The van der Waals surface area contributed by atoms with Crippen LogP contribution in [0, 0.1) is 0 Å². The molecule has 0 fully saturated rings. The molecule has 0 spiro atoms. The minimum atomic E-state index is -0.506. The summed E-state index contributed by atoms with van der Waals surface area (Å²) in [7, 11) is 0. The average molecular weight is 246 g/mol. The molecule has 18 heavy (non-hydrogen) atoms. The fourth-order valence-corrected chi connectivity index (χ4v) is 1.21. The van der Waals surface area contributed by atoms with Crippen molar-refractivity contribution in [3.05, 3.63) is 60.7 Å². The van der Waals surface area contributed by atoms with Crippen LogP contribution >= 0.6 is 0 Å². The van der Waals surface area contributed by atoms with Gasteiger partial charge in [-0.05, 0) is 18.2 Å². The summed E-state index contributed by atoms with van der Waals surface area (Å²) >= 11 is 0. The first-order chi connectivity index (χ1) is 8.69. The third-order valence-electron chi connectivity index (χ3n) is 2.00. The normalized spacial score (nSPS) is 9.33. The summed E-state index contributed by atoms with van der Waals surface area (Å²) in [6.07, 6.45) is 2.94. The van der Waals surface area contributed by atoms with E-state index in [1.165, 1.54) is 18.2 Å². The minimum absolute atomic E-state index is 0.129. The Morgan fingerprint density at radius 2 is 1.44 bits per heavy atom. The lowest BCUT2D eigenvalue weighted by atomic mass is 10.1. The van der Waals surface area contributed by atoms with Crippen LogP contribution in [0.25, 0.3) is 0 Å². The number of benzene rings is 1. The van der Waals surface area contributed by atoms with E-state index in [1.807, 2.05) is 0 Å². The molecule has 1 rings (SSSR count). The molecule has 4 heteroatoms. The highest BCUT2D eigenvalue weighted by Gasteiger charge is 2.11. The van der Waals surface area contributed by atoms with Crippen molar-refractivity contribution >= 4 is 11.9 Å². The van der Waals surface area contributed by atoms with Crippen molar-refractivity contribution in [2.75, 3.05) is 13.2 Å². The lowest BCUT2D eigenvalue weighted by Crippen LogP contribution is -2.09. The molecular weight excluding hydrogens is 232 g/mol. The molecule has 0 atom stereocenters. The number of ether oxygens (including phenoxy) is 2. The number of carbonyl (C=O) groups excluding carboxylic acids is 2. The van der Waals surface area contributed by atoms with Crippen molar-refractivity contribution in [2.45, 2.75) is 0 Å². The molecule has 0 heterocycles. The Labute approximate surface area is 106 Å². The average Bonchev–Trinajstić information content (AvgIpc) is 2.42. The SMILES string of the molecule is C=CCOC(=O)c1cccc(C(=O)OCC=C)c1. The fourth-order valence-electron chi connectivity index (χ4n) is 1.21. The molecule has 1 aromatic rings. The lowest BCUT2D eigenvalue weighted by molar-refractivity contribution is 0.0548. The van der Waals surface area contributed by atoms with E-state index in [2.05, 4.69) is 13.2 Å². The zero-order valence-electron chi connectivity index (χ0n) is 9.93. The van der Waals surface area contributed by atoms with Gasteiger partial charge in [-0.1, -0.05) is 31.4 Å². The molecule has 4 nitrogen and oxygen atoms in total. The summed E-state index contributed by atoms with van der Waals surface area (Å²) in [4.78, 5) is 23.1. The molecule has 0 bridgehead atoms. The number of rotatable bonds is 6. The molecule has 0 N–H and O–H groups in total. The van der Waals surface area contributed by atoms with E-state index in [0.29, 0.717) is 11.1 Å². The fraction of sp³-hybridized carbons (Fsp3) is 0.143. The van der Waals surface area contributed by atoms with Gasteiger partial charge in [-0.15, -0.1) is 0 Å². The predicted molar refractivity (Wildman–Crippen MR) is 67.4 cm³/mol. The van der Waals surface area contributed by atoms with Crippen LogP contribution in [0.1, 0.15) is 20.7 Å². The Balaban J connectivity index is 2.78. The van der Waals surface area contributed by atoms with E-state index in [4.69, 9.17) is 9.47 Å². The summed E-state index contributed by atoms with van der Waals surface area (Å²) < 4.78 is 9.74. The smallest absolute Gasteiger partial charge is 0.338 e. The maximum absolute atomic E-state index is 11.6. The van der Waals surface area contributed by atoms with E-state index in [9.17, 15) is 9.59 Å². The summed E-state index contributed by atoms with van der Waals surface area (Å²) in [6.45, 7) is 7.15. The molecule has 1 aromatic carbocycles. The van der Waals surface area contributed by atoms with Crippen molar-refractivity contribution in [3.8, 4) is 0 Å². The molecule has 0 aromatic heterocycles. The van der Waals surface area contributed by atoms with Crippen LogP contribution in [0.3, 0.4) is 0 Å². The third-order valence-corrected chi connectivity index (χ3v) is 2.00. The molecule has 0 saturated carbocycles. The van der Waals surface area contributed by atoms with Gasteiger partial charge in [-0.2, -0.15) is 0 Å². The van der Waals surface area contributed by atoms with Crippen LogP contribution in [-0.4, -0.2) is 25.2 Å². The van der Waals surface area contributed by atoms with Gasteiger partial charge in [0.2, 0.25) is 0 Å². The maximum Gasteiger partial charge on any atom is 0.338 e. The van der Waals surface area contributed by atoms with Crippen LogP contribution in [0.15, 0.2) is 49.6 Å². The van der Waals surface area contributed by atoms with Gasteiger partial charge in [-0.3, -0.25) is 0 Å². The van der Waals surface area contributed by atoms with Gasteiger partial charge in [0.15, 0.2) is 0 Å². The summed E-state index contributed by atoms with van der Waals surface area (Å²) in [5.74, 6) is -1.01. The predicted octanol–water partition coefficient (Wildman–Crippen LogP) is 2.37. The van der Waals surface area contributed by atoms with E-state index in [0.717, 1.165) is 0 Å². The van der Waals surface area contributed by atoms with Crippen molar-refractivity contribution in [2.24, 2.45) is 0 Å². The van der Waals surface area contributed by atoms with Gasteiger partial charge in [0.05, 0.1) is 11.1 Å². The molecule has 0 radical (unpaired) electrons. The lowest BCUT2D eigenvalue weighted by Gasteiger charge is -2.05. The van der Waals surface area contributed by atoms with Crippen LogP contribution in [0.5, 0.6) is 0 Å². The topological polar surface area (TPSA) is 52.6 Å². The highest BCUT2D eigenvalue weighted by Crippen LogP contribution is 2.08. The summed E-state index contributed by atoms with van der Waals surface area (Å²) in [5, 5.41) is 0. The first-order valence-electron chi connectivity index (χ1n) is 5.35. The number of hydrogen-bond acceptors (Lipinski definition) is 4. The first-order valence-corrected chi connectivity index (χ1v) is 5.35. The van der Waals surface area contributed by atoms with E-state index < -0.39 is 11.9 Å². The summed E-state index contributed by atoms with van der Waals surface area (Å²) in [5.41, 5.74) is 0.592. The second-order valence-electron chi connectivity index (χ2n) is 3.36. The van der Waals surface area contributed by atoms with Crippen LogP contribution in [0.2, 0.25) is 0 Å². The van der Waals surface area contributed by atoms with Gasteiger partial charge < -0.3 is 9.47 Å². The van der Waals surface area contributed by atoms with Gasteiger partial charge in [0.1, 0.15) is 13.2 Å². The van der Waals surface area contributed by atoms with Gasteiger partial charge in [0.25, 0.3) is 0 Å². The molecule has 0 unspecified atom stereocenters. The number of hydrogen-bond donors (Lipinski definition) is 0. The van der Waals surface area contributed by atoms with Gasteiger partial charge >= 0.3 is 11.9 Å². The van der Waals surface area contributed by atoms with E-state index in [-0.39, 0.29) is 13.2 Å². The Morgan fingerprint density at radius 1 is 1.00 bits per heavy atom. The Kier molecular flexibility index (Phi) is 5.38. The zero-order valence-corrected chi connectivity index (χ0v) is 9.93. The number of esters is 2. The van der Waals surface area contributed by atoms with Gasteiger partial charge in [0, 0.05) is 0 Å². The van der Waals surface area contributed by atoms with Crippen molar-refractivity contribution in [1.29, 1.82) is 0 Å².